The fourth-order valence-electron chi connectivity index (χ4n) is 3.13. The van der Waals surface area contributed by atoms with Gasteiger partial charge in [0, 0.05) is 16.1 Å². The third-order valence-corrected chi connectivity index (χ3v) is 4.65. The number of nitrogens with two attached hydrogens (primary N) is 2. The highest BCUT2D eigenvalue weighted by atomic mass is 35.5. The van der Waals surface area contributed by atoms with Gasteiger partial charge in [0.2, 0.25) is 5.96 Å². The lowest BCUT2D eigenvalue weighted by Crippen LogP contribution is -2.33. The normalized spacial score (nSPS) is 14.7. The minimum Gasteiger partial charge on any atom is -0.444 e. The molecule has 2 aromatic rings. The second-order valence-electron chi connectivity index (χ2n) is 7.73. The van der Waals surface area contributed by atoms with Gasteiger partial charge in [0.25, 0.3) is 0 Å². The number of hydrogen-bond donors (Lipinski definition) is 5. The summed E-state index contributed by atoms with van der Waals surface area (Å²) in [6.07, 6.45) is 1.07. The second kappa shape index (κ2) is 8.49. The van der Waals surface area contributed by atoms with Gasteiger partial charge in [-0.05, 0) is 32.9 Å². The van der Waals surface area contributed by atoms with Crippen LogP contribution in [0.25, 0.3) is 0 Å². The standard InChI is InChI=1S/C20H20ClN9O2/c1-20(2,3)32-19(31)27-11-6-4-5-10(21)12(11)15-13-14(24)9(7-22)16(25)29-17(13)30-18(28-15)26-8-23/h4-6,15H,1-3H3,(H,27,31)(H6,24,25,26,28,29,30). The van der Waals surface area contributed by atoms with Crippen molar-refractivity contribution >= 4 is 46.7 Å². The van der Waals surface area contributed by atoms with Gasteiger partial charge in [0.05, 0.1) is 11.4 Å². The molecule has 0 radical (unpaired) electrons. The molecule has 1 aliphatic rings. The Labute approximate surface area is 189 Å². The van der Waals surface area contributed by atoms with E-state index in [4.69, 9.17) is 33.1 Å². The van der Waals surface area contributed by atoms with E-state index in [1.165, 1.54) is 0 Å². The maximum absolute atomic E-state index is 12.4. The zero-order valence-electron chi connectivity index (χ0n) is 17.4. The van der Waals surface area contributed by atoms with E-state index in [-0.39, 0.29) is 33.9 Å². The summed E-state index contributed by atoms with van der Waals surface area (Å²) in [5, 5.41) is 26.7. The zero-order valence-corrected chi connectivity index (χ0v) is 18.2. The number of guanidine groups is 1. The average Bonchev–Trinajstić information content (AvgIpc) is 2.66. The van der Waals surface area contributed by atoms with Crippen molar-refractivity contribution in [1.82, 2.24) is 10.3 Å². The number of nitrogens with one attached hydrogen (secondary N) is 3. The van der Waals surface area contributed by atoms with E-state index in [1.807, 2.05) is 6.07 Å². The van der Waals surface area contributed by atoms with E-state index in [1.54, 1.807) is 45.2 Å². The Morgan fingerprint density at radius 1 is 1.28 bits per heavy atom. The van der Waals surface area contributed by atoms with Crippen molar-refractivity contribution in [2.45, 2.75) is 32.4 Å². The quantitative estimate of drug-likeness (QED) is 0.336. The van der Waals surface area contributed by atoms with Crippen LogP contribution in [0.3, 0.4) is 0 Å². The molecule has 0 spiro atoms. The highest BCUT2D eigenvalue weighted by Crippen LogP contribution is 2.45. The number of benzene rings is 1. The number of amides is 1. The van der Waals surface area contributed by atoms with Crippen molar-refractivity contribution in [3.8, 4) is 12.3 Å². The number of aliphatic imine (C=N–C) groups is 1. The van der Waals surface area contributed by atoms with Gasteiger partial charge in [-0.2, -0.15) is 10.5 Å². The molecule has 1 atom stereocenters. The number of fused-ring (bicyclic) bond motifs is 1. The summed E-state index contributed by atoms with van der Waals surface area (Å²) in [4.78, 5) is 21.1. The lowest BCUT2D eigenvalue weighted by Gasteiger charge is -2.28. The summed E-state index contributed by atoms with van der Waals surface area (Å²) in [6, 6.07) is 5.87. The number of halogens is 1. The first kappa shape index (κ1) is 22.5. The number of aromatic nitrogens is 1. The van der Waals surface area contributed by atoms with Gasteiger partial charge >= 0.3 is 6.09 Å². The molecule has 3 rings (SSSR count). The number of carbonyl (C=O) groups excluding carboxylic acids is 1. The molecule has 11 nitrogen and oxygen atoms in total. The first-order valence-corrected chi connectivity index (χ1v) is 9.70. The van der Waals surface area contributed by atoms with Crippen LogP contribution in [0.15, 0.2) is 23.2 Å². The van der Waals surface area contributed by atoms with Crippen LogP contribution in [0.4, 0.5) is 27.8 Å². The van der Waals surface area contributed by atoms with Crippen molar-refractivity contribution in [1.29, 1.82) is 10.5 Å². The van der Waals surface area contributed by atoms with Crippen LogP contribution < -0.4 is 27.4 Å². The highest BCUT2D eigenvalue weighted by Gasteiger charge is 2.33. The lowest BCUT2D eigenvalue weighted by atomic mass is 9.94. The van der Waals surface area contributed by atoms with Crippen LogP contribution in [0.2, 0.25) is 5.02 Å². The van der Waals surface area contributed by atoms with Crippen molar-refractivity contribution in [3.63, 3.8) is 0 Å². The molecule has 2 heterocycles. The SMILES string of the molecule is CC(C)(C)OC(=O)Nc1cccc(Cl)c1C1N=C(NC#N)Nc2nc(N)c(C#N)c(N)c21. The Kier molecular flexibility index (Phi) is 5.96. The molecule has 1 aliphatic heterocycles. The van der Waals surface area contributed by atoms with Gasteiger partial charge in [-0.3, -0.25) is 10.6 Å². The number of pyridine rings is 1. The van der Waals surface area contributed by atoms with Crippen LogP contribution in [0.5, 0.6) is 0 Å². The molecule has 7 N–H and O–H groups in total. The number of nitriles is 2. The van der Waals surface area contributed by atoms with Crippen LogP contribution in [0, 0.1) is 22.8 Å². The summed E-state index contributed by atoms with van der Waals surface area (Å²) in [5.41, 5.74) is 12.4. The Bertz CT molecular complexity index is 1210. The first-order valence-electron chi connectivity index (χ1n) is 9.33. The summed E-state index contributed by atoms with van der Waals surface area (Å²) < 4.78 is 5.34. The lowest BCUT2D eigenvalue weighted by molar-refractivity contribution is 0.0636. The average molecular weight is 454 g/mol. The molecule has 1 aromatic heterocycles. The van der Waals surface area contributed by atoms with Gasteiger partial charge < -0.3 is 21.5 Å². The topological polar surface area (TPSA) is 187 Å². The maximum Gasteiger partial charge on any atom is 0.412 e. The Balaban J connectivity index is 2.20. The zero-order chi connectivity index (χ0) is 23.6. The smallest absolute Gasteiger partial charge is 0.412 e. The van der Waals surface area contributed by atoms with E-state index in [2.05, 4.69) is 25.9 Å². The van der Waals surface area contributed by atoms with Crippen LogP contribution >= 0.6 is 11.6 Å². The predicted octanol–water partition coefficient (Wildman–Crippen LogP) is 3.06. The summed E-state index contributed by atoms with van der Waals surface area (Å²) >= 11 is 6.51. The van der Waals surface area contributed by atoms with Crippen LogP contribution in [-0.4, -0.2) is 22.6 Å². The van der Waals surface area contributed by atoms with Gasteiger partial charge in [-0.1, -0.05) is 17.7 Å². The monoisotopic (exact) mass is 453 g/mol. The minimum atomic E-state index is -0.930. The number of nitrogen functional groups attached to an aromatic ring is 2. The molecule has 0 aliphatic carbocycles. The largest absolute Gasteiger partial charge is 0.444 e. The van der Waals surface area contributed by atoms with Gasteiger partial charge in [0.15, 0.2) is 6.19 Å². The molecule has 164 valence electrons. The molecule has 1 aromatic carbocycles. The molecular weight excluding hydrogens is 434 g/mol. The number of anilines is 4. The highest BCUT2D eigenvalue weighted by molar-refractivity contribution is 6.32. The fraction of sp³-hybridized carbons (Fsp3) is 0.250. The Morgan fingerprint density at radius 2 is 2.00 bits per heavy atom. The Hall–Kier alpha value is -4.22. The number of nitrogens with zero attached hydrogens (tertiary/aromatic N) is 4. The van der Waals surface area contributed by atoms with E-state index in [0.717, 1.165) is 0 Å². The van der Waals surface area contributed by atoms with Crippen molar-refractivity contribution in [3.05, 3.63) is 39.9 Å². The molecule has 1 unspecified atom stereocenters. The van der Waals surface area contributed by atoms with E-state index < -0.39 is 17.7 Å². The summed E-state index contributed by atoms with van der Waals surface area (Å²) in [7, 11) is 0. The maximum atomic E-state index is 12.4. The summed E-state index contributed by atoms with van der Waals surface area (Å²) in [6.45, 7) is 5.20. The van der Waals surface area contributed by atoms with E-state index in [9.17, 15) is 10.1 Å². The predicted molar refractivity (Wildman–Crippen MR) is 121 cm³/mol. The molecule has 32 heavy (non-hydrogen) atoms. The first-order chi connectivity index (χ1) is 15.1. The van der Waals surface area contributed by atoms with E-state index >= 15 is 0 Å². The fourth-order valence-corrected chi connectivity index (χ4v) is 3.41. The van der Waals surface area contributed by atoms with E-state index in [0.29, 0.717) is 16.8 Å². The van der Waals surface area contributed by atoms with Crippen molar-refractivity contribution < 1.29 is 9.53 Å². The molecule has 0 saturated heterocycles. The molecular formula is C20H20ClN9O2. The minimum absolute atomic E-state index is 0.0175. The molecule has 1 amide bonds. The van der Waals surface area contributed by atoms with Gasteiger partial charge in [-0.15, -0.1) is 0 Å². The van der Waals surface area contributed by atoms with Crippen LogP contribution in [-0.2, 0) is 4.74 Å². The third-order valence-electron chi connectivity index (χ3n) is 4.32. The van der Waals surface area contributed by atoms with Crippen LogP contribution in [0.1, 0.15) is 43.5 Å². The summed E-state index contributed by atoms with van der Waals surface area (Å²) in [5.74, 6) is 0.170. The number of hydrogen-bond acceptors (Lipinski definition) is 10. The number of ether oxygens (including phenoxy) is 1. The van der Waals surface area contributed by atoms with Crippen molar-refractivity contribution in [2.75, 3.05) is 22.1 Å². The molecule has 0 fully saturated rings. The number of rotatable bonds is 2. The molecule has 0 saturated carbocycles. The Morgan fingerprint density at radius 3 is 2.62 bits per heavy atom. The van der Waals surface area contributed by atoms with Crippen molar-refractivity contribution in [2.24, 2.45) is 4.99 Å². The third kappa shape index (κ3) is 4.43. The molecule has 0 bridgehead atoms. The van der Waals surface area contributed by atoms with Gasteiger partial charge in [-0.25, -0.2) is 14.8 Å². The number of carbonyl (C=O) groups is 1. The molecule has 12 heteroatoms. The van der Waals surface area contributed by atoms with Gasteiger partial charge in [0.1, 0.15) is 34.9 Å². The second-order valence-corrected chi connectivity index (χ2v) is 8.14.